The SMILES string of the molecule is O=C(Cc1nc2ccccc2s1)c1ccc2ccccc2c1. The van der Waals surface area contributed by atoms with E-state index >= 15 is 0 Å². The highest BCUT2D eigenvalue weighted by Gasteiger charge is 2.11. The normalized spacial score (nSPS) is 11.1. The lowest BCUT2D eigenvalue weighted by Crippen LogP contribution is -2.03. The van der Waals surface area contributed by atoms with Gasteiger partial charge in [-0.25, -0.2) is 4.98 Å². The molecule has 3 heteroatoms. The molecule has 1 aromatic heterocycles. The Labute approximate surface area is 132 Å². The lowest BCUT2D eigenvalue weighted by molar-refractivity contribution is 0.0993. The molecular formula is C19H13NOS. The van der Waals surface area contributed by atoms with E-state index in [1.807, 2.05) is 60.7 Å². The minimum atomic E-state index is 0.116. The monoisotopic (exact) mass is 303 g/mol. The molecule has 1 heterocycles. The van der Waals surface area contributed by atoms with Gasteiger partial charge in [-0.2, -0.15) is 0 Å². The van der Waals surface area contributed by atoms with Crippen molar-refractivity contribution < 1.29 is 4.79 Å². The van der Waals surface area contributed by atoms with Gasteiger partial charge < -0.3 is 0 Å². The van der Waals surface area contributed by atoms with Gasteiger partial charge in [0, 0.05) is 5.56 Å². The zero-order valence-electron chi connectivity index (χ0n) is 11.8. The third-order valence-corrected chi connectivity index (χ3v) is 4.76. The van der Waals surface area contributed by atoms with Crippen molar-refractivity contribution in [1.82, 2.24) is 4.98 Å². The molecule has 0 N–H and O–H groups in total. The van der Waals surface area contributed by atoms with Gasteiger partial charge in [0.1, 0.15) is 5.01 Å². The van der Waals surface area contributed by atoms with Crippen molar-refractivity contribution in [1.29, 1.82) is 0 Å². The molecule has 0 saturated heterocycles. The summed E-state index contributed by atoms with van der Waals surface area (Å²) in [4.78, 5) is 17.0. The minimum absolute atomic E-state index is 0.116. The van der Waals surface area contributed by atoms with Gasteiger partial charge >= 0.3 is 0 Å². The van der Waals surface area contributed by atoms with Gasteiger partial charge in [0.05, 0.1) is 16.6 Å². The summed E-state index contributed by atoms with van der Waals surface area (Å²) in [6, 6.07) is 21.9. The van der Waals surface area contributed by atoms with Crippen LogP contribution in [0.15, 0.2) is 66.7 Å². The molecule has 0 bridgehead atoms. The lowest BCUT2D eigenvalue weighted by atomic mass is 10.0. The highest BCUT2D eigenvalue weighted by molar-refractivity contribution is 7.18. The number of aromatic nitrogens is 1. The van der Waals surface area contributed by atoms with E-state index < -0.39 is 0 Å². The molecule has 0 aliphatic heterocycles. The average molecular weight is 303 g/mol. The summed E-state index contributed by atoms with van der Waals surface area (Å²) in [6.07, 6.45) is 0.359. The van der Waals surface area contributed by atoms with Crippen molar-refractivity contribution in [3.05, 3.63) is 77.3 Å². The van der Waals surface area contributed by atoms with Crippen LogP contribution in [0.2, 0.25) is 0 Å². The Morgan fingerprint density at radius 2 is 1.68 bits per heavy atom. The molecule has 4 rings (SSSR count). The summed E-state index contributed by atoms with van der Waals surface area (Å²) in [5, 5.41) is 3.12. The van der Waals surface area contributed by atoms with Crippen molar-refractivity contribution in [2.75, 3.05) is 0 Å². The van der Waals surface area contributed by atoms with Crippen molar-refractivity contribution in [3.63, 3.8) is 0 Å². The number of nitrogens with zero attached hydrogens (tertiary/aromatic N) is 1. The predicted molar refractivity (Wildman–Crippen MR) is 91.6 cm³/mol. The molecule has 0 unspecified atom stereocenters. The number of hydrogen-bond acceptors (Lipinski definition) is 3. The molecule has 0 saturated carbocycles. The minimum Gasteiger partial charge on any atom is -0.294 e. The first-order valence-electron chi connectivity index (χ1n) is 7.16. The van der Waals surface area contributed by atoms with Crippen molar-refractivity contribution in [3.8, 4) is 0 Å². The summed E-state index contributed by atoms with van der Waals surface area (Å²) < 4.78 is 1.13. The van der Waals surface area contributed by atoms with Crippen molar-refractivity contribution in [2.24, 2.45) is 0 Å². The van der Waals surface area contributed by atoms with Gasteiger partial charge in [-0.15, -0.1) is 11.3 Å². The summed E-state index contributed by atoms with van der Waals surface area (Å²) >= 11 is 1.59. The van der Waals surface area contributed by atoms with Gasteiger partial charge in [0.2, 0.25) is 0 Å². The fourth-order valence-electron chi connectivity index (χ4n) is 2.60. The van der Waals surface area contributed by atoms with Crippen LogP contribution in [0.1, 0.15) is 15.4 Å². The van der Waals surface area contributed by atoms with E-state index in [4.69, 9.17) is 0 Å². The van der Waals surface area contributed by atoms with E-state index in [9.17, 15) is 4.79 Å². The summed E-state index contributed by atoms with van der Waals surface area (Å²) in [6.45, 7) is 0. The Morgan fingerprint density at radius 1 is 0.909 bits per heavy atom. The van der Waals surface area contributed by atoms with E-state index in [0.717, 1.165) is 31.6 Å². The average Bonchev–Trinajstić information content (AvgIpc) is 2.96. The molecule has 106 valence electrons. The highest BCUT2D eigenvalue weighted by atomic mass is 32.1. The first kappa shape index (κ1) is 13.2. The second-order valence-corrected chi connectivity index (χ2v) is 6.35. The first-order valence-corrected chi connectivity index (χ1v) is 7.98. The molecule has 0 amide bonds. The number of carbonyl (C=O) groups excluding carboxylic acids is 1. The molecular weight excluding hydrogens is 290 g/mol. The van der Waals surface area contributed by atoms with Crippen molar-refractivity contribution >= 4 is 38.1 Å². The number of para-hydroxylation sites is 1. The van der Waals surface area contributed by atoms with E-state index in [0.29, 0.717) is 6.42 Å². The second kappa shape index (κ2) is 5.35. The molecule has 3 aromatic carbocycles. The number of hydrogen-bond donors (Lipinski definition) is 0. The third-order valence-electron chi connectivity index (χ3n) is 3.72. The zero-order chi connectivity index (χ0) is 14.9. The maximum atomic E-state index is 12.5. The number of benzene rings is 3. The van der Waals surface area contributed by atoms with Crippen LogP contribution in [0.25, 0.3) is 21.0 Å². The maximum Gasteiger partial charge on any atom is 0.169 e. The van der Waals surface area contributed by atoms with Crippen LogP contribution in [0, 0.1) is 0 Å². The van der Waals surface area contributed by atoms with Crippen LogP contribution in [-0.2, 0) is 6.42 Å². The van der Waals surface area contributed by atoms with Gasteiger partial charge in [-0.1, -0.05) is 48.5 Å². The molecule has 22 heavy (non-hydrogen) atoms. The van der Waals surface area contributed by atoms with Gasteiger partial charge in [0.25, 0.3) is 0 Å². The van der Waals surface area contributed by atoms with Gasteiger partial charge in [-0.05, 0) is 29.0 Å². The van der Waals surface area contributed by atoms with Crippen LogP contribution < -0.4 is 0 Å². The van der Waals surface area contributed by atoms with Crippen LogP contribution >= 0.6 is 11.3 Å². The quantitative estimate of drug-likeness (QED) is 0.505. The Bertz CT molecular complexity index is 954. The van der Waals surface area contributed by atoms with E-state index in [2.05, 4.69) is 11.1 Å². The van der Waals surface area contributed by atoms with E-state index in [-0.39, 0.29) is 5.78 Å². The molecule has 0 spiro atoms. The van der Waals surface area contributed by atoms with E-state index in [1.165, 1.54) is 0 Å². The number of rotatable bonds is 3. The van der Waals surface area contributed by atoms with Gasteiger partial charge in [0.15, 0.2) is 5.78 Å². The van der Waals surface area contributed by atoms with Crippen LogP contribution in [0.4, 0.5) is 0 Å². The third kappa shape index (κ3) is 2.40. The second-order valence-electron chi connectivity index (χ2n) is 5.24. The lowest BCUT2D eigenvalue weighted by Gasteiger charge is -2.02. The fraction of sp³-hybridized carbons (Fsp3) is 0.0526. The molecule has 0 fully saturated rings. The smallest absolute Gasteiger partial charge is 0.169 e. The van der Waals surface area contributed by atoms with Crippen LogP contribution in [0.3, 0.4) is 0 Å². The summed E-state index contributed by atoms with van der Waals surface area (Å²) in [7, 11) is 0. The highest BCUT2D eigenvalue weighted by Crippen LogP contribution is 2.23. The number of fused-ring (bicyclic) bond motifs is 2. The number of carbonyl (C=O) groups is 1. The van der Waals surface area contributed by atoms with Crippen LogP contribution in [0.5, 0.6) is 0 Å². The Morgan fingerprint density at radius 3 is 2.55 bits per heavy atom. The number of thiazole rings is 1. The topological polar surface area (TPSA) is 30.0 Å². The molecule has 4 aromatic rings. The molecule has 0 radical (unpaired) electrons. The Balaban J connectivity index is 1.65. The standard InChI is InChI=1S/C19H13NOS/c21-17(12-19-20-16-7-3-4-8-18(16)22-19)15-10-9-13-5-1-2-6-14(13)11-15/h1-11H,12H2. The Kier molecular flexibility index (Phi) is 3.20. The summed E-state index contributed by atoms with van der Waals surface area (Å²) in [5.74, 6) is 0.116. The van der Waals surface area contributed by atoms with Crippen LogP contribution in [-0.4, -0.2) is 10.8 Å². The van der Waals surface area contributed by atoms with Gasteiger partial charge in [-0.3, -0.25) is 4.79 Å². The molecule has 0 aliphatic rings. The number of Topliss-reactive ketones (excluding diaryl/α,β-unsaturated/α-hetero) is 1. The first-order chi connectivity index (χ1) is 10.8. The summed E-state index contributed by atoms with van der Waals surface area (Å²) in [5.41, 5.74) is 1.71. The maximum absolute atomic E-state index is 12.5. The molecule has 0 atom stereocenters. The number of ketones is 1. The largest absolute Gasteiger partial charge is 0.294 e. The van der Waals surface area contributed by atoms with Crippen molar-refractivity contribution in [2.45, 2.75) is 6.42 Å². The Hall–Kier alpha value is -2.52. The molecule has 2 nitrogen and oxygen atoms in total. The molecule has 0 aliphatic carbocycles. The zero-order valence-corrected chi connectivity index (χ0v) is 12.6. The van der Waals surface area contributed by atoms with E-state index in [1.54, 1.807) is 11.3 Å². The fourth-order valence-corrected chi connectivity index (χ4v) is 3.56. The predicted octanol–water partition coefficient (Wildman–Crippen LogP) is 4.87.